The fourth-order valence-electron chi connectivity index (χ4n) is 2.13. The molecule has 0 fully saturated rings. The van der Waals surface area contributed by atoms with Crippen LogP contribution < -0.4 is 10.6 Å². The van der Waals surface area contributed by atoms with Crippen LogP contribution in [0.4, 0.5) is 4.79 Å². The summed E-state index contributed by atoms with van der Waals surface area (Å²) in [7, 11) is 0. The van der Waals surface area contributed by atoms with Crippen molar-refractivity contribution >= 4 is 6.09 Å². The topological polar surface area (TPSA) is 50.4 Å². The molecule has 0 atom stereocenters. The first kappa shape index (κ1) is 13.9. The molecule has 0 spiro atoms. The third-order valence-corrected chi connectivity index (χ3v) is 2.99. The third-order valence-electron chi connectivity index (χ3n) is 2.99. The van der Waals surface area contributed by atoms with Crippen LogP contribution in [0.15, 0.2) is 18.2 Å². The van der Waals surface area contributed by atoms with E-state index in [4.69, 9.17) is 4.74 Å². The summed E-state index contributed by atoms with van der Waals surface area (Å²) in [5.74, 6) is 0. The second-order valence-electron chi connectivity index (χ2n) is 5.89. The Balaban J connectivity index is 1.91. The molecular weight excluding hydrogens is 240 g/mol. The Labute approximate surface area is 114 Å². The smallest absolute Gasteiger partial charge is 0.407 e. The Morgan fingerprint density at radius 2 is 2.16 bits per heavy atom. The fourth-order valence-corrected chi connectivity index (χ4v) is 2.13. The van der Waals surface area contributed by atoms with E-state index >= 15 is 0 Å². The van der Waals surface area contributed by atoms with Crippen LogP contribution in [0.5, 0.6) is 0 Å². The number of carbonyl (C=O) groups is 1. The van der Waals surface area contributed by atoms with Gasteiger partial charge < -0.3 is 15.4 Å². The maximum absolute atomic E-state index is 11.6. The summed E-state index contributed by atoms with van der Waals surface area (Å²) in [5.41, 5.74) is 3.40. The summed E-state index contributed by atoms with van der Waals surface area (Å²) < 4.78 is 5.21. The number of alkyl carbamates (subject to hydrolysis) is 1. The first-order chi connectivity index (χ1) is 8.94. The predicted molar refractivity (Wildman–Crippen MR) is 74.9 cm³/mol. The van der Waals surface area contributed by atoms with Crippen LogP contribution in [0.3, 0.4) is 0 Å². The number of ether oxygens (including phenoxy) is 1. The lowest BCUT2D eigenvalue weighted by Crippen LogP contribution is -2.32. The minimum absolute atomic E-state index is 0.369. The van der Waals surface area contributed by atoms with Gasteiger partial charge in [-0.3, -0.25) is 0 Å². The van der Waals surface area contributed by atoms with Crippen molar-refractivity contribution in [3.63, 3.8) is 0 Å². The van der Waals surface area contributed by atoms with Crippen molar-refractivity contribution in [2.24, 2.45) is 0 Å². The molecule has 0 aromatic heterocycles. The molecule has 0 unspecified atom stereocenters. The van der Waals surface area contributed by atoms with E-state index in [1.165, 1.54) is 11.1 Å². The van der Waals surface area contributed by atoms with Crippen molar-refractivity contribution in [1.82, 2.24) is 10.6 Å². The molecule has 2 rings (SSSR count). The van der Waals surface area contributed by atoms with Gasteiger partial charge in [-0.15, -0.1) is 0 Å². The van der Waals surface area contributed by atoms with E-state index in [2.05, 4.69) is 28.8 Å². The number of nitrogens with one attached hydrogen (secondary N) is 2. The van der Waals surface area contributed by atoms with Gasteiger partial charge in [-0.2, -0.15) is 0 Å². The monoisotopic (exact) mass is 262 g/mol. The highest BCUT2D eigenvalue weighted by Crippen LogP contribution is 2.16. The maximum Gasteiger partial charge on any atom is 0.407 e. The second-order valence-corrected chi connectivity index (χ2v) is 5.89. The average Bonchev–Trinajstić information content (AvgIpc) is 2.34. The number of benzene rings is 1. The van der Waals surface area contributed by atoms with Gasteiger partial charge in [-0.1, -0.05) is 18.2 Å². The van der Waals surface area contributed by atoms with E-state index in [-0.39, 0.29) is 6.09 Å². The number of fused-ring (bicyclic) bond motifs is 1. The minimum Gasteiger partial charge on any atom is -0.444 e. The van der Waals surface area contributed by atoms with Crippen LogP contribution in [0.2, 0.25) is 0 Å². The Bertz CT molecular complexity index is 464. The molecule has 0 aliphatic carbocycles. The van der Waals surface area contributed by atoms with Gasteiger partial charge in [0, 0.05) is 13.1 Å². The predicted octanol–water partition coefficient (Wildman–Crippen LogP) is 2.36. The number of amides is 1. The van der Waals surface area contributed by atoms with Crippen molar-refractivity contribution in [3.8, 4) is 0 Å². The molecule has 0 saturated carbocycles. The Kier molecular flexibility index (Phi) is 4.10. The van der Waals surface area contributed by atoms with Gasteiger partial charge in [-0.05, 0) is 50.4 Å². The first-order valence-electron chi connectivity index (χ1n) is 6.72. The molecule has 4 heteroatoms. The van der Waals surface area contributed by atoms with Crippen molar-refractivity contribution in [1.29, 1.82) is 0 Å². The van der Waals surface area contributed by atoms with Crippen molar-refractivity contribution in [3.05, 3.63) is 34.9 Å². The molecule has 0 radical (unpaired) electrons. The summed E-state index contributed by atoms with van der Waals surface area (Å²) >= 11 is 0. The molecule has 2 N–H and O–H groups in total. The molecule has 0 bridgehead atoms. The van der Waals surface area contributed by atoms with Gasteiger partial charge in [0.15, 0.2) is 0 Å². The molecule has 1 aliphatic rings. The van der Waals surface area contributed by atoms with E-state index in [9.17, 15) is 4.79 Å². The highest BCUT2D eigenvalue weighted by molar-refractivity contribution is 5.67. The lowest BCUT2D eigenvalue weighted by molar-refractivity contribution is 0.0523. The number of hydrogen-bond acceptors (Lipinski definition) is 3. The third kappa shape index (κ3) is 4.24. The molecule has 1 aliphatic heterocycles. The molecule has 4 nitrogen and oxygen atoms in total. The zero-order chi connectivity index (χ0) is 13.9. The summed E-state index contributed by atoms with van der Waals surface area (Å²) in [6.07, 6.45) is 0.683. The molecular formula is C15H22N2O2. The standard InChI is InChI=1S/C15H22N2O2/c1-15(2,3)19-14(18)17-9-11-4-5-13-10-16-7-6-12(13)8-11/h4-5,8,16H,6-7,9-10H2,1-3H3,(H,17,18). The maximum atomic E-state index is 11.6. The number of rotatable bonds is 2. The molecule has 1 aromatic carbocycles. The summed E-state index contributed by atoms with van der Waals surface area (Å²) in [4.78, 5) is 11.6. The van der Waals surface area contributed by atoms with Crippen molar-refractivity contribution < 1.29 is 9.53 Å². The van der Waals surface area contributed by atoms with Crippen LogP contribution >= 0.6 is 0 Å². The Morgan fingerprint density at radius 3 is 2.89 bits per heavy atom. The highest BCUT2D eigenvalue weighted by atomic mass is 16.6. The van der Waals surface area contributed by atoms with Crippen LogP contribution in [-0.4, -0.2) is 18.2 Å². The van der Waals surface area contributed by atoms with E-state index in [1.807, 2.05) is 20.8 Å². The molecule has 104 valence electrons. The van der Waals surface area contributed by atoms with Crippen LogP contribution in [0, 0.1) is 0 Å². The van der Waals surface area contributed by atoms with Crippen molar-refractivity contribution in [2.45, 2.75) is 45.9 Å². The second kappa shape index (κ2) is 5.61. The normalized spacial score (nSPS) is 14.7. The van der Waals surface area contributed by atoms with Gasteiger partial charge in [0.1, 0.15) is 5.60 Å². The van der Waals surface area contributed by atoms with Crippen LogP contribution in [0.25, 0.3) is 0 Å². The molecule has 19 heavy (non-hydrogen) atoms. The van der Waals surface area contributed by atoms with E-state index < -0.39 is 5.60 Å². The molecule has 1 heterocycles. The Morgan fingerprint density at radius 1 is 1.37 bits per heavy atom. The summed E-state index contributed by atoms with van der Waals surface area (Å²) in [6, 6.07) is 6.37. The van der Waals surface area contributed by atoms with Crippen LogP contribution in [-0.2, 0) is 24.2 Å². The highest BCUT2D eigenvalue weighted by Gasteiger charge is 2.16. The van der Waals surface area contributed by atoms with Gasteiger partial charge >= 0.3 is 6.09 Å². The molecule has 0 saturated heterocycles. The number of carbonyl (C=O) groups excluding carboxylic acids is 1. The summed E-state index contributed by atoms with van der Waals surface area (Å²) in [6.45, 7) is 8.05. The van der Waals surface area contributed by atoms with E-state index in [0.29, 0.717) is 6.54 Å². The molecule has 1 aromatic rings. The zero-order valence-electron chi connectivity index (χ0n) is 11.9. The lowest BCUT2D eigenvalue weighted by Gasteiger charge is -2.20. The quantitative estimate of drug-likeness (QED) is 0.860. The number of hydrogen-bond donors (Lipinski definition) is 2. The van der Waals surface area contributed by atoms with Gasteiger partial charge in [0.05, 0.1) is 0 Å². The van der Waals surface area contributed by atoms with Crippen LogP contribution in [0.1, 0.15) is 37.5 Å². The van der Waals surface area contributed by atoms with Crippen molar-refractivity contribution in [2.75, 3.05) is 6.54 Å². The SMILES string of the molecule is CC(C)(C)OC(=O)NCc1ccc2c(c1)CCNC2. The molecule has 1 amide bonds. The largest absolute Gasteiger partial charge is 0.444 e. The average molecular weight is 262 g/mol. The van der Waals surface area contributed by atoms with E-state index in [0.717, 1.165) is 25.1 Å². The first-order valence-corrected chi connectivity index (χ1v) is 6.72. The lowest BCUT2D eigenvalue weighted by atomic mass is 9.98. The summed E-state index contributed by atoms with van der Waals surface area (Å²) in [5, 5.41) is 6.13. The van der Waals surface area contributed by atoms with Gasteiger partial charge in [0.25, 0.3) is 0 Å². The zero-order valence-corrected chi connectivity index (χ0v) is 11.9. The van der Waals surface area contributed by atoms with Gasteiger partial charge in [0.2, 0.25) is 0 Å². The van der Waals surface area contributed by atoms with Gasteiger partial charge in [-0.25, -0.2) is 4.79 Å². The Hall–Kier alpha value is -1.55. The fraction of sp³-hybridized carbons (Fsp3) is 0.533. The minimum atomic E-state index is -0.453. The van der Waals surface area contributed by atoms with E-state index in [1.54, 1.807) is 0 Å².